The lowest BCUT2D eigenvalue weighted by atomic mass is 10.7. The fourth-order valence-corrected chi connectivity index (χ4v) is 0.404. The molecular weight excluding hydrogens is 140 g/mol. The maximum Gasteiger partial charge on any atom is 0.434 e. The first-order chi connectivity index (χ1) is 4.74. The third-order valence-electron chi connectivity index (χ3n) is 0.798. The zero-order valence-electron chi connectivity index (χ0n) is 5.08. The largest absolute Gasteiger partial charge is 0.462 e. The number of aromatic nitrogens is 2. The van der Waals surface area contributed by atoms with Crippen LogP contribution in [0.15, 0.2) is 9.21 Å². The quantitative estimate of drug-likeness (QED) is 0.519. The Morgan fingerprint density at radius 3 is 2.90 bits per heavy atom. The molecule has 0 aliphatic heterocycles. The van der Waals surface area contributed by atoms with Crippen LogP contribution in [0.4, 0.5) is 0 Å². The molecule has 0 saturated heterocycles. The topological polar surface area (TPSA) is 85.2 Å². The highest BCUT2D eigenvalue weighted by molar-refractivity contribution is 5.83. The minimum atomic E-state index is -0.779. The second-order valence-corrected chi connectivity index (χ2v) is 1.41. The number of ether oxygens (including phenoxy) is 1. The van der Waals surface area contributed by atoms with Crippen molar-refractivity contribution < 1.29 is 13.9 Å². The fraction of sp³-hybridized carbons (Fsp3) is 0.250. The van der Waals surface area contributed by atoms with Crippen molar-refractivity contribution in [2.45, 2.75) is 0 Å². The standard InChI is InChI=1S/C4H4N2O4/c1-9-3(7)2-5-6-4(8)10-2/h1H3,(H,6,8). The van der Waals surface area contributed by atoms with E-state index in [2.05, 4.69) is 14.3 Å². The van der Waals surface area contributed by atoms with Crippen LogP contribution in [-0.2, 0) is 4.74 Å². The van der Waals surface area contributed by atoms with Gasteiger partial charge >= 0.3 is 17.6 Å². The lowest BCUT2D eigenvalue weighted by Gasteiger charge is -1.86. The van der Waals surface area contributed by atoms with E-state index in [1.807, 2.05) is 5.10 Å². The molecule has 6 heteroatoms. The molecular formula is C4H4N2O4. The number of methoxy groups -OCH3 is 1. The van der Waals surface area contributed by atoms with Gasteiger partial charge in [-0.2, -0.15) is 0 Å². The summed E-state index contributed by atoms with van der Waals surface area (Å²) >= 11 is 0. The van der Waals surface area contributed by atoms with Gasteiger partial charge in [0.2, 0.25) is 0 Å². The lowest BCUT2D eigenvalue weighted by molar-refractivity contribution is 0.0554. The maximum absolute atomic E-state index is 10.5. The number of esters is 1. The molecule has 0 aliphatic carbocycles. The Labute approximate surface area is 54.8 Å². The van der Waals surface area contributed by atoms with E-state index in [1.54, 1.807) is 0 Å². The van der Waals surface area contributed by atoms with Crippen LogP contribution in [0.2, 0.25) is 0 Å². The molecule has 0 unspecified atom stereocenters. The Balaban J connectivity index is 2.95. The third kappa shape index (κ3) is 1.04. The van der Waals surface area contributed by atoms with Gasteiger partial charge in [0.15, 0.2) is 0 Å². The van der Waals surface area contributed by atoms with Crippen LogP contribution in [0.5, 0.6) is 0 Å². The summed E-state index contributed by atoms with van der Waals surface area (Å²) in [5.74, 6) is -1.92. The summed E-state index contributed by atoms with van der Waals surface area (Å²) in [4.78, 5) is 20.7. The number of aromatic amines is 1. The Morgan fingerprint density at radius 2 is 2.50 bits per heavy atom. The molecule has 0 bridgehead atoms. The van der Waals surface area contributed by atoms with Crippen molar-refractivity contribution in [2.24, 2.45) is 0 Å². The van der Waals surface area contributed by atoms with Gasteiger partial charge in [0, 0.05) is 0 Å². The van der Waals surface area contributed by atoms with E-state index in [9.17, 15) is 9.59 Å². The molecule has 0 radical (unpaired) electrons. The number of hydrogen-bond acceptors (Lipinski definition) is 5. The first-order valence-electron chi connectivity index (χ1n) is 2.38. The summed E-state index contributed by atoms with van der Waals surface area (Å²) in [5.41, 5.74) is 0. The Kier molecular flexibility index (Phi) is 1.53. The first-order valence-corrected chi connectivity index (χ1v) is 2.38. The molecule has 0 saturated carbocycles. The molecule has 0 aliphatic rings. The van der Waals surface area contributed by atoms with Gasteiger partial charge in [0.1, 0.15) is 0 Å². The molecule has 0 fully saturated rings. The van der Waals surface area contributed by atoms with Gasteiger partial charge in [-0.1, -0.05) is 0 Å². The van der Waals surface area contributed by atoms with Gasteiger partial charge in [-0.3, -0.25) is 0 Å². The van der Waals surface area contributed by atoms with Gasteiger partial charge < -0.3 is 9.15 Å². The summed E-state index contributed by atoms with van der Waals surface area (Å²) in [5, 5.41) is 5.12. The van der Waals surface area contributed by atoms with Crippen LogP contribution >= 0.6 is 0 Å². The fourth-order valence-electron chi connectivity index (χ4n) is 0.404. The monoisotopic (exact) mass is 144 g/mol. The predicted molar refractivity (Wildman–Crippen MR) is 28.5 cm³/mol. The molecule has 6 nitrogen and oxygen atoms in total. The summed E-state index contributed by atoms with van der Waals surface area (Å²) in [6.45, 7) is 0. The van der Waals surface area contributed by atoms with Crippen LogP contribution in [0.25, 0.3) is 0 Å². The third-order valence-corrected chi connectivity index (χ3v) is 0.798. The molecule has 1 aromatic rings. The molecule has 0 atom stereocenters. The highest BCUT2D eigenvalue weighted by Gasteiger charge is 2.11. The summed E-state index contributed by atoms with van der Waals surface area (Å²) in [6.07, 6.45) is 0. The van der Waals surface area contributed by atoms with E-state index in [-0.39, 0.29) is 5.89 Å². The molecule has 1 aromatic heterocycles. The minimum absolute atomic E-state index is 0.368. The zero-order valence-corrected chi connectivity index (χ0v) is 5.08. The average molecular weight is 144 g/mol. The second kappa shape index (κ2) is 2.34. The number of rotatable bonds is 1. The van der Waals surface area contributed by atoms with Crippen LogP contribution < -0.4 is 5.76 Å². The van der Waals surface area contributed by atoms with Crippen molar-refractivity contribution in [3.05, 3.63) is 16.4 Å². The molecule has 0 aromatic carbocycles. The summed E-state index contributed by atoms with van der Waals surface area (Å²) in [6, 6.07) is 0. The lowest BCUT2D eigenvalue weighted by Crippen LogP contribution is -2.01. The average Bonchev–Trinajstić information content (AvgIpc) is 2.34. The van der Waals surface area contributed by atoms with Crippen LogP contribution in [0, 0.1) is 0 Å². The summed E-state index contributed by atoms with van der Waals surface area (Å²) in [7, 11) is 1.16. The number of nitrogens with one attached hydrogen (secondary N) is 1. The van der Waals surface area contributed by atoms with E-state index < -0.39 is 11.7 Å². The Bertz CT molecular complexity index is 285. The molecule has 1 N–H and O–H groups in total. The minimum Gasteiger partial charge on any atom is -0.462 e. The maximum atomic E-state index is 10.5. The Hall–Kier alpha value is -1.59. The van der Waals surface area contributed by atoms with E-state index in [0.717, 1.165) is 7.11 Å². The molecule has 1 rings (SSSR count). The molecule has 1 heterocycles. The van der Waals surface area contributed by atoms with Gasteiger partial charge in [0.05, 0.1) is 7.11 Å². The molecule has 0 amide bonds. The van der Waals surface area contributed by atoms with Gasteiger partial charge in [-0.05, 0) is 0 Å². The summed E-state index contributed by atoms with van der Waals surface area (Å²) < 4.78 is 8.43. The molecule has 10 heavy (non-hydrogen) atoms. The first kappa shape index (κ1) is 6.53. The van der Waals surface area contributed by atoms with Crippen molar-refractivity contribution in [3.63, 3.8) is 0 Å². The zero-order chi connectivity index (χ0) is 7.56. The number of hydrogen-bond donors (Lipinski definition) is 1. The van der Waals surface area contributed by atoms with Crippen molar-refractivity contribution >= 4 is 5.97 Å². The predicted octanol–water partition coefficient (Wildman–Crippen LogP) is -0.851. The van der Waals surface area contributed by atoms with E-state index in [4.69, 9.17) is 0 Å². The van der Waals surface area contributed by atoms with Crippen molar-refractivity contribution in [3.8, 4) is 0 Å². The highest BCUT2D eigenvalue weighted by Crippen LogP contribution is 1.88. The van der Waals surface area contributed by atoms with Crippen molar-refractivity contribution in [2.75, 3.05) is 7.11 Å². The van der Waals surface area contributed by atoms with E-state index in [0.29, 0.717) is 0 Å². The second-order valence-electron chi connectivity index (χ2n) is 1.41. The molecule has 0 spiro atoms. The van der Waals surface area contributed by atoms with Crippen molar-refractivity contribution in [1.82, 2.24) is 10.2 Å². The Morgan fingerprint density at radius 1 is 1.80 bits per heavy atom. The van der Waals surface area contributed by atoms with Crippen LogP contribution in [0.3, 0.4) is 0 Å². The number of H-pyrrole nitrogens is 1. The smallest absolute Gasteiger partial charge is 0.434 e. The van der Waals surface area contributed by atoms with E-state index in [1.165, 1.54) is 0 Å². The normalized spacial score (nSPS) is 9.30. The van der Waals surface area contributed by atoms with Crippen LogP contribution in [-0.4, -0.2) is 23.3 Å². The van der Waals surface area contributed by atoms with Gasteiger partial charge in [-0.15, -0.1) is 5.10 Å². The van der Waals surface area contributed by atoms with Crippen molar-refractivity contribution in [1.29, 1.82) is 0 Å². The van der Waals surface area contributed by atoms with Gasteiger partial charge in [-0.25, -0.2) is 14.7 Å². The van der Waals surface area contributed by atoms with Crippen LogP contribution in [0.1, 0.15) is 10.7 Å². The molecule has 54 valence electrons. The number of carbonyl (C=O) groups excluding carboxylic acids is 1. The SMILES string of the molecule is COC(=O)c1n[nH]c(=O)o1. The number of nitrogens with zero attached hydrogens (tertiary/aromatic N) is 1. The van der Waals surface area contributed by atoms with E-state index >= 15 is 0 Å². The van der Waals surface area contributed by atoms with Gasteiger partial charge in [0.25, 0.3) is 0 Å². The highest BCUT2D eigenvalue weighted by atomic mass is 16.5. The number of carbonyl (C=O) groups is 1.